The summed E-state index contributed by atoms with van der Waals surface area (Å²) in [7, 11) is 1.36. The Bertz CT molecular complexity index is 719. The van der Waals surface area contributed by atoms with E-state index in [1.54, 1.807) is 18.0 Å². The molecule has 154 valence electrons. The van der Waals surface area contributed by atoms with Crippen LogP contribution in [-0.4, -0.2) is 70.9 Å². The van der Waals surface area contributed by atoms with Gasteiger partial charge in [-0.2, -0.15) is 4.31 Å². The average molecular weight is 420 g/mol. The van der Waals surface area contributed by atoms with Crippen LogP contribution < -0.4 is 10.1 Å². The molecule has 0 spiro atoms. The zero-order chi connectivity index (χ0) is 19.2. The lowest BCUT2D eigenvalue weighted by molar-refractivity contribution is 0.0793. The topological polar surface area (TPSA) is 79.0 Å². The van der Waals surface area contributed by atoms with Gasteiger partial charge in [0, 0.05) is 33.2 Å². The molecule has 0 saturated carbocycles. The molecular formula is C18H30ClN3O4S. The molecule has 0 radical (unpaired) electrons. The lowest BCUT2D eigenvalue weighted by Crippen LogP contribution is -2.34. The maximum absolute atomic E-state index is 13.0. The average Bonchev–Trinajstić information content (AvgIpc) is 2.94. The molecule has 0 aromatic heterocycles. The molecule has 2 rings (SSSR count). The van der Waals surface area contributed by atoms with Gasteiger partial charge >= 0.3 is 0 Å². The van der Waals surface area contributed by atoms with Crippen molar-refractivity contribution in [2.45, 2.75) is 30.6 Å². The monoisotopic (exact) mass is 419 g/mol. The zero-order valence-electron chi connectivity index (χ0n) is 16.2. The predicted molar refractivity (Wildman–Crippen MR) is 108 cm³/mol. The van der Waals surface area contributed by atoms with E-state index in [-0.39, 0.29) is 28.8 Å². The van der Waals surface area contributed by atoms with E-state index in [2.05, 4.69) is 5.32 Å². The van der Waals surface area contributed by atoms with Crippen LogP contribution in [-0.2, 0) is 10.0 Å². The van der Waals surface area contributed by atoms with Gasteiger partial charge in [-0.15, -0.1) is 12.4 Å². The molecule has 0 atom stereocenters. The second-order valence-electron chi connectivity index (χ2n) is 6.51. The molecule has 1 saturated heterocycles. The minimum Gasteiger partial charge on any atom is -0.496 e. The highest BCUT2D eigenvalue weighted by atomic mass is 35.5. The Kier molecular flexibility index (Phi) is 9.52. The van der Waals surface area contributed by atoms with E-state index in [0.717, 1.165) is 25.7 Å². The molecule has 1 N–H and O–H groups in total. The summed E-state index contributed by atoms with van der Waals surface area (Å²) in [5.74, 6) is 0.117. The molecule has 1 aliphatic heterocycles. The number of nitrogens with zero attached hydrogens (tertiary/aromatic N) is 2. The molecule has 7 nitrogen and oxygen atoms in total. The number of hydrogen-bond acceptors (Lipinski definition) is 5. The number of rotatable bonds is 7. The summed E-state index contributed by atoms with van der Waals surface area (Å²) in [6.07, 6.45) is 3.84. The Morgan fingerprint density at radius 1 is 1.22 bits per heavy atom. The van der Waals surface area contributed by atoms with Crippen LogP contribution in [0, 0.1) is 0 Å². The largest absolute Gasteiger partial charge is 0.496 e. The third-order valence-electron chi connectivity index (χ3n) is 4.65. The van der Waals surface area contributed by atoms with Gasteiger partial charge in [0.2, 0.25) is 10.0 Å². The van der Waals surface area contributed by atoms with Crippen molar-refractivity contribution >= 4 is 28.3 Å². The van der Waals surface area contributed by atoms with Crippen LogP contribution in [0.1, 0.15) is 36.0 Å². The SMILES string of the molecule is CNCCN(C)C(=O)c1cc(S(=O)(=O)N2CCCCCC2)ccc1OC.Cl. The summed E-state index contributed by atoms with van der Waals surface area (Å²) in [4.78, 5) is 14.4. The predicted octanol–water partition coefficient (Wildman–Crippen LogP) is 1.97. The Balaban J connectivity index is 0.00000364. The summed E-state index contributed by atoms with van der Waals surface area (Å²) in [5.41, 5.74) is 0.266. The lowest BCUT2D eigenvalue weighted by Gasteiger charge is -2.22. The van der Waals surface area contributed by atoms with Crippen molar-refractivity contribution < 1.29 is 17.9 Å². The summed E-state index contributed by atoms with van der Waals surface area (Å²) in [6, 6.07) is 4.52. The van der Waals surface area contributed by atoms with Gasteiger partial charge in [-0.1, -0.05) is 12.8 Å². The van der Waals surface area contributed by atoms with Crippen molar-refractivity contribution in [2.24, 2.45) is 0 Å². The summed E-state index contributed by atoms with van der Waals surface area (Å²) >= 11 is 0. The molecule has 1 heterocycles. The van der Waals surface area contributed by atoms with Gasteiger partial charge in [-0.05, 0) is 38.1 Å². The van der Waals surface area contributed by atoms with E-state index in [0.29, 0.717) is 31.9 Å². The molecule has 9 heteroatoms. The number of likely N-dealkylation sites (N-methyl/N-ethyl adjacent to an activating group) is 2. The highest BCUT2D eigenvalue weighted by Crippen LogP contribution is 2.27. The first-order valence-corrected chi connectivity index (χ1v) is 10.4. The zero-order valence-corrected chi connectivity index (χ0v) is 17.9. The van der Waals surface area contributed by atoms with Crippen LogP contribution in [0.15, 0.2) is 23.1 Å². The summed E-state index contributed by atoms with van der Waals surface area (Å²) in [6.45, 7) is 2.22. The van der Waals surface area contributed by atoms with Crippen molar-refractivity contribution in [3.63, 3.8) is 0 Å². The van der Waals surface area contributed by atoms with Crippen LogP contribution in [0.25, 0.3) is 0 Å². The number of methoxy groups -OCH3 is 1. The molecule has 0 bridgehead atoms. The third-order valence-corrected chi connectivity index (χ3v) is 6.54. The Hall–Kier alpha value is -1.35. The molecule has 27 heavy (non-hydrogen) atoms. The highest BCUT2D eigenvalue weighted by Gasteiger charge is 2.27. The van der Waals surface area contributed by atoms with Crippen LogP contribution in [0.3, 0.4) is 0 Å². The second-order valence-corrected chi connectivity index (χ2v) is 8.45. The number of hydrogen-bond donors (Lipinski definition) is 1. The quantitative estimate of drug-likeness (QED) is 0.731. The lowest BCUT2D eigenvalue weighted by atomic mass is 10.1. The Morgan fingerprint density at radius 2 is 1.85 bits per heavy atom. The van der Waals surface area contributed by atoms with E-state index in [1.807, 2.05) is 7.05 Å². The van der Waals surface area contributed by atoms with E-state index in [4.69, 9.17) is 4.74 Å². The number of ether oxygens (including phenoxy) is 1. The number of amides is 1. The van der Waals surface area contributed by atoms with Gasteiger partial charge in [-0.25, -0.2) is 8.42 Å². The van der Waals surface area contributed by atoms with Crippen LogP contribution >= 0.6 is 12.4 Å². The van der Waals surface area contributed by atoms with Crippen molar-refractivity contribution in [3.05, 3.63) is 23.8 Å². The maximum Gasteiger partial charge on any atom is 0.257 e. The number of sulfonamides is 1. The van der Waals surface area contributed by atoms with Crippen molar-refractivity contribution in [1.82, 2.24) is 14.5 Å². The Morgan fingerprint density at radius 3 is 2.41 bits per heavy atom. The Labute approximate surface area is 168 Å². The molecule has 0 unspecified atom stereocenters. The number of carbonyl (C=O) groups is 1. The molecule has 1 amide bonds. The van der Waals surface area contributed by atoms with Gasteiger partial charge in [0.25, 0.3) is 5.91 Å². The first-order chi connectivity index (χ1) is 12.4. The molecule has 1 aromatic rings. The number of benzene rings is 1. The van der Waals surface area contributed by atoms with E-state index in [9.17, 15) is 13.2 Å². The molecule has 0 aliphatic carbocycles. The minimum atomic E-state index is -3.61. The third kappa shape index (κ3) is 5.81. The fraction of sp³-hybridized carbons (Fsp3) is 0.611. The molecular weight excluding hydrogens is 390 g/mol. The number of carbonyl (C=O) groups excluding carboxylic acids is 1. The first kappa shape index (κ1) is 23.7. The van der Waals surface area contributed by atoms with Gasteiger partial charge in [0.1, 0.15) is 5.75 Å². The normalized spacial score (nSPS) is 15.5. The van der Waals surface area contributed by atoms with E-state index < -0.39 is 10.0 Å². The van der Waals surface area contributed by atoms with Crippen molar-refractivity contribution in [2.75, 3.05) is 47.4 Å². The summed E-state index contributed by atoms with van der Waals surface area (Å²) < 4.78 is 32.8. The molecule has 1 aliphatic rings. The molecule has 1 fully saturated rings. The minimum absolute atomic E-state index is 0. The standard InChI is InChI=1S/C18H29N3O4S.ClH/c1-19-10-13-20(2)18(22)16-14-15(8-9-17(16)25-3)26(23,24)21-11-6-4-5-7-12-21;/h8-9,14,19H,4-7,10-13H2,1-3H3;1H. The first-order valence-electron chi connectivity index (χ1n) is 9.00. The second kappa shape index (κ2) is 10.8. The van der Waals surface area contributed by atoms with Gasteiger partial charge in [-0.3, -0.25) is 4.79 Å². The van der Waals surface area contributed by atoms with E-state index in [1.165, 1.54) is 23.5 Å². The van der Waals surface area contributed by atoms with Gasteiger partial charge in [0.15, 0.2) is 0 Å². The van der Waals surface area contributed by atoms with Crippen LogP contribution in [0.5, 0.6) is 5.75 Å². The highest BCUT2D eigenvalue weighted by molar-refractivity contribution is 7.89. The fourth-order valence-corrected chi connectivity index (χ4v) is 4.58. The number of nitrogens with one attached hydrogen (secondary N) is 1. The van der Waals surface area contributed by atoms with Gasteiger partial charge in [0.05, 0.1) is 17.6 Å². The fourth-order valence-electron chi connectivity index (χ4n) is 3.03. The number of halogens is 1. The van der Waals surface area contributed by atoms with Crippen LogP contribution in [0.2, 0.25) is 0 Å². The van der Waals surface area contributed by atoms with Crippen molar-refractivity contribution in [1.29, 1.82) is 0 Å². The van der Waals surface area contributed by atoms with E-state index >= 15 is 0 Å². The smallest absolute Gasteiger partial charge is 0.257 e. The van der Waals surface area contributed by atoms with Gasteiger partial charge < -0.3 is 15.0 Å². The molecule has 1 aromatic carbocycles. The van der Waals surface area contributed by atoms with Crippen LogP contribution in [0.4, 0.5) is 0 Å². The summed E-state index contributed by atoms with van der Waals surface area (Å²) in [5, 5.41) is 2.99. The van der Waals surface area contributed by atoms with Crippen molar-refractivity contribution in [3.8, 4) is 5.75 Å². The maximum atomic E-state index is 13.0.